The number of aryl methyl sites for hydroxylation is 1. The molecule has 3 rings (SSSR count). The molecule has 1 aromatic carbocycles. The molecule has 1 fully saturated rings. The van der Waals surface area contributed by atoms with E-state index in [1.165, 1.54) is 12.1 Å². The molecule has 134 valence electrons. The minimum atomic E-state index is -3.68. The Balaban J connectivity index is 1.76. The van der Waals surface area contributed by atoms with Crippen LogP contribution in [0.1, 0.15) is 18.4 Å². The molecule has 2 heterocycles. The number of nitrogens with one attached hydrogen (secondary N) is 1. The summed E-state index contributed by atoms with van der Waals surface area (Å²) in [6, 6.07) is 10.5. The molecule has 0 amide bonds. The molecule has 0 aliphatic carbocycles. The first-order valence-electron chi connectivity index (χ1n) is 8.35. The maximum Gasteiger partial charge on any atom is 0.238 e. The number of primary sulfonamides is 1. The van der Waals surface area contributed by atoms with Gasteiger partial charge in [-0.3, -0.25) is 0 Å². The number of sulfonamides is 1. The summed E-state index contributed by atoms with van der Waals surface area (Å²) < 4.78 is 28.1. The van der Waals surface area contributed by atoms with E-state index in [4.69, 9.17) is 9.88 Å². The Bertz CT molecular complexity index is 829. The summed E-state index contributed by atoms with van der Waals surface area (Å²) in [7, 11) is -3.68. The molecule has 25 heavy (non-hydrogen) atoms. The predicted molar refractivity (Wildman–Crippen MR) is 97.8 cm³/mol. The summed E-state index contributed by atoms with van der Waals surface area (Å²) in [4.78, 5) is 4.76. The summed E-state index contributed by atoms with van der Waals surface area (Å²) in [6.07, 6.45) is 2.14. The van der Waals surface area contributed by atoms with E-state index < -0.39 is 10.0 Å². The third-order valence-corrected chi connectivity index (χ3v) is 5.29. The van der Waals surface area contributed by atoms with Crippen LogP contribution in [0.2, 0.25) is 0 Å². The number of ether oxygens (including phenoxy) is 1. The van der Waals surface area contributed by atoms with E-state index in [9.17, 15) is 8.42 Å². The molecule has 7 heteroatoms. The average molecular weight is 361 g/mol. The fourth-order valence-corrected chi connectivity index (χ4v) is 3.44. The second kappa shape index (κ2) is 7.51. The Labute approximate surface area is 148 Å². The first kappa shape index (κ1) is 17.8. The highest BCUT2D eigenvalue weighted by molar-refractivity contribution is 7.89. The molecule has 0 radical (unpaired) electrons. The van der Waals surface area contributed by atoms with Crippen molar-refractivity contribution in [1.29, 1.82) is 0 Å². The molecule has 1 aliphatic heterocycles. The van der Waals surface area contributed by atoms with Gasteiger partial charge < -0.3 is 10.1 Å². The van der Waals surface area contributed by atoms with E-state index in [1.54, 1.807) is 12.1 Å². The summed E-state index contributed by atoms with van der Waals surface area (Å²) >= 11 is 0. The van der Waals surface area contributed by atoms with Gasteiger partial charge in [0.1, 0.15) is 5.82 Å². The van der Waals surface area contributed by atoms with Crippen LogP contribution in [0.4, 0.5) is 5.82 Å². The van der Waals surface area contributed by atoms with Gasteiger partial charge in [-0.25, -0.2) is 18.5 Å². The highest BCUT2D eigenvalue weighted by Gasteiger charge is 2.14. The number of hydrogen-bond acceptors (Lipinski definition) is 5. The number of nitrogens with two attached hydrogens (primary N) is 1. The van der Waals surface area contributed by atoms with Crippen molar-refractivity contribution in [2.24, 2.45) is 11.1 Å². The van der Waals surface area contributed by atoms with Crippen LogP contribution in [-0.2, 0) is 14.8 Å². The lowest BCUT2D eigenvalue weighted by atomic mass is 10.0. The summed E-state index contributed by atoms with van der Waals surface area (Å²) in [6.45, 7) is 4.55. The lowest BCUT2D eigenvalue weighted by Gasteiger charge is -2.22. The molecule has 0 spiro atoms. The number of rotatable bonds is 5. The van der Waals surface area contributed by atoms with E-state index >= 15 is 0 Å². The summed E-state index contributed by atoms with van der Waals surface area (Å²) in [5.74, 6) is 1.44. The van der Waals surface area contributed by atoms with Gasteiger partial charge in [0.05, 0.1) is 10.6 Å². The fraction of sp³-hybridized carbons (Fsp3) is 0.389. The van der Waals surface area contributed by atoms with Gasteiger partial charge in [-0.1, -0.05) is 12.1 Å². The minimum Gasteiger partial charge on any atom is -0.381 e. The molecule has 1 aliphatic rings. The van der Waals surface area contributed by atoms with Crippen molar-refractivity contribution in [3.8, 4) is 11.3 Å². The van der Waals surface area contributed by atoms with Gasteiger partial charge in [-0.15, -0.1) is 0 Å². The summed E-state index contributed by atoms with van der Waals surface area (Å²) in [5, 5.41) is 8.56. The third-order valence-electron chi connectivity index (χ3n) is 4.36. The zero-order chi connectivity index (χ0) is 17.9. The van der Waals surface area contributed by atoms with Crippen molar-refractivity contribution in [1.82, 2.24) is 4.98 Å². The van der Waals surface area contributed by atoms with Crippen LogP contribution in [0.15, 0.2) is 41.3 Å². The molecule has 6 nitrogen and oxygen atoms in total. The van der Waals surface area contributed by atoms with Gasteiger partial charge in [0, 0.05) is 25.3 Å². The largest absolute Gasteiger partial charge is 0.381 e. The van der Waals surface area contributed by atoms with Crippen LogP contribution in [0.3, 0.4) is 0 Å². The van der Waals surface area contributed by atoms with Crippen LogP contribution in [-0.4, -0.2) is 33.2 Å². The normalized spacial score (nSPS) is 15.9. The molecule has 2 aromatic rings. The molecule has 0 saturated carbocycles. The molecule has 1 saturated heterocycles. The standard InChI is InChI=1S/C18H23N3O3S/c1-13-10-17(15-2-4-16(5-3-15)25(19,22)23)21-18(11-13)20-12-14-6-8-24-9-7-14/h2-5,10-11,14H,6-9,12H2,1H3,(H,20,21)(H2,19,22,23). The van der Waals surface area contributed by atoms with Crippen LogP contribution in [0.25, 0.3) is 11.3 Å². The quantitative estimate of drug-likeness (QED) is 0.853. The molecule has 0 bridgehead atoms. The predicted octanol–water partition coefficient (Wildman–Crippen LogP) is 2.54. The number of anilines is 1. The number of pyridine rings is 1. The third kappa shape index (κ3) is 4.78. The zero-order valence-electron chi connectivity index (χ0n) is 14.2. The molecule has 3 N–H and O–H groups in total. The Kier molecular flexibility index (Phi) is 5.36. The van der Waals surface area contributed by atoms with E-state index in [0.717, 1.165) is 55.2 Å². The Hall–Kier alpha value is -1.96. The van der Waals surface area contributed by atoms with Crippen molar-refractivity contribution >= 4 is 15.8 Å². The maximum absolute atomic E-state index is 11.4. The van der Waals surface area contributed by atoms with Gasteiger partial charge in [0.15, 0.2) is 0 Å². The van der Waals surface area contributed by atoms with Gasteiger partial charge in [-0.2, -0.15) is 0 Å². The van der Waals surface area contributed by atoms with Crippen LogP contribution >= 0.6 is 0 Å². The SMILES string of the molecule is Cc1cc(NCC2CCOCC2)nc(-c2ccc(S(N)(=O)=O)cc2)c1. The number of aromatic nitrogens is 1. The number of benzene rings is 1. The first-order valence-corrected chi connectivity index (χ1v) is 9.90. The second-order valence-corrected chi connectivity index (χ2v) is 7.98. The van der Waals surface area contributed by atoms with Gasteiger partial charge in [-0.05, 0) is 55.5 Å². The Morgan fingerprint density at radius 1 is 1.20 bits per heavy atom. The summed E-state index contributed by atoms with van der Waals surface area (Å²) in [5.41, 5.74) is 2.75. The Morgan fingerprint density at radius 2 is 1.88 bits per heavy atom. The van der Waals surface area contributed by atoms with Crippen LogP contribution < -0.4 is 10.5 Å². The molecular formula is C18H23N3O3S. The lowest BCUT2D eigenvalue weighted by molar-refractivity contribution is 0.0699. The smallest absolute Gasteiger partial charge is 0.238 e. The van der Waals surface area contributed by atoms with E-state index in [2.05, 4.69) is 10.3 Å². The topological polar surface area (TPSA) is 94.3 Å². The average Bonchev–Trinajstić information content (AvgIpc) is 2.60. The van der Waals surface area contributed by atoms with Gasteiger partial charge in [0.25, 0.3) is 0 Å². The van der Waals surface area contributed by atoms with Gasteiger partial charge >= 0.3 is 0 Å². The van der Waals surface area contributed by atoms with E-state index in [1.807, 2.05) is 19.1 Å². The first-order chi connectivity index (χ1) is 11.9. The van der Waals surface area contributed by atoms with Gasteiger partial charge in [0.2, 0.25) is 10.0 Å². The number of nitrogens with zero attached hydrogens (tertiary/aromatic N) is 1. The van der Waals surface area contributed by atoms with Crippen molar-refractivity contribution in [2.75, 3.05) is 25.1 Å². The second-order valence-electron chi connectivity index (χ2n) is 6.42. The maximum atomic E-state index is 11.4. The van der Waals surface area contributed by atoms with Crippen LogP contribution in [0, 0.1) is 12.8 Å². The van der Waals surface area contributed by atoms with Crippen molar-refractivity contribution in [3.63, 3.8) is 0 Å². The van der Waals surface area contributed by atoms with Crippen molar-refractivity contribution < 1.29 is 13.2 Å². The zero-order valence-corrected chi connectivity index (χ0v) is 15.1. The van der Waals surface area contributed by atoms with E-state index in [0.29, 0.717) is 5.92 Å². The minimum absolute atomic E-state index is 0.0989. The van der Waals surface area contributed by atoms with E-state index in [-0.39, 0.29) is 4.90 Å². The lowest BCUT2D eigenvalue weighted by Crippen LogP contribution is -2.23. The monoisotopic (exact) mass is 361 g/mol. The highest BCUT2D eigenvalue weighted by atomic mass is 32.2. The van der Waals surface area contributed by atoms with Crippen molar-refractivity contribution in [2.45, 2.75) is 24.7 Å². The highest BCUT2D eigenvalue weighted by Crippen LogP contribution is 2.23. The Morgan fingerprint density at radius 3 is 2.52 bits per heavy atom. The van der Waals surface area contributed by atoms with Crippen molar-refractivity contribution in [3.05, 3.63) is 42.0 Å². The van der Waals surface area contributed by atoms with Crippen LogP contribution in [0.5, 0.6) is 0 Å². The molecule has 1 aromatic heterocycles. The molecule has 0 atom stereocenters. The molecule has 0 unspecified atom stereocenters. The fourth-order valence-electron chi connectivity index (χ4n) is 2.92. The molecular weight excluding hydrogens is 338 g/mol. The number of hydrogen-bond donors (Lipinski definition) is 2.